The van der Waals surface area contributed by atoms with Crippen molar-refractivity contribution in [2.45, 2.75) is 26.7 Å². The molecule has 1 rings (SSSR count). The first-order chi connectivity index (χ1) is 6.22. The molecule has 13 heavy (non-hydrogen) atoms. The van der Waals surface area contributed by atoms with Crippen molar-refractivity contribution in [3.8, 4) is 0 Å². The number of thiazole rings is 1. The number of hydrogen-bond acceptors (Lipinski definition) is 3. The van der Waals surface area contributed by atoms with E-state index >= 15 is 0 Å². The Morgan fingerprint density at radius 3 is 3.00 bits per heavy atom. The van der Waals surface area contributed by atoms with Gasteiger partial charge < -0.3 is 5.73 Å². The lowest BCUT2D eigenvalue weighted by molar-refractivity contribution is 0.923. The number of nitrogens with two attached hydrogens (primary N) is 1. The van der Waals surface area contributed by atoms with E-state index in [2.05, 4.69) is 16.9 Å². The van der Waals surface area contributed by atoms with Crippen molar-refractivity contribution in [2.24, 2.45) is 10.7 Å². The van der Waals surface area contributed by atoms with Crippen LogP contribution < -0.4 is 5.73 Å². The zero-order valence-electron chi connectivity index (χ0n) is 8.08. The number of rotatable bonds is 4. The normalized spacial score (nSPS) is 12.0. The predicted molar refractivity (Wildman–Crippen MR) is 57.3 cm³/mol. The van der Waals surface area contributed by atoms with E-state index in [0.29, 0.717) is 12.3 Å². The molecule has 2 N–H and O–H groups in total. The number of aliphatic imine (C=N–C) groups is 1. The summed E-state index contributed by atoms with van der Waals surface area (Å²) < 4.78 is 0. The van der Waals surface area contributed by atoms with Gasteiger partial charge in [0.1, 0.15) is 0 Å². The predicted octanol–water partition coefficient (Wildman–Crippen LogP) is 1.76. The van der Waals surface area contributed by atoms with Gasteiger partial charge in [-0.2, -0.15) is 0 Å². The molecule has 3 nitrogen and oxygen atoms in total. The quantitative estimate of drug-likeness (QED) is 0.590. The third kappa shape index (κ3) is 3.55. The number of nitrogens with zero attached hydrogens (tertiary/aromatic N) is 2. The maximum Gasteiger partial charge on any atom is 0.0997 e. The van der Waals surface area contributed by atoms with Crippen molar-refractivity contribution in [1.29, 1.82) is 0 Å². The molecular formula is C9H15N3S. The fourth-order valence-electron chi connectivity index (χ4n) is 0.986. The SMILES string of the molecule is CCCN=C(N)Cc1csc(C)n1. The van der Waals surface area contributed by atoms with Gasteiger partial charge in [0.2, 0.25) is 0 Å². The molecule has 0 fully saturated rings. The second kappa shape index (κ2) is 4.97. The number of aromatic nitrogens is 1. The molecular weight excluding hydrogens is 182 g/mol. The largest absolute Gasteiger partial charge is 0.387 e. The van der Waals surface area contributed by atoms with E-state index in [-0.39, 0.29) is 0 Å². The molecule has 0 aliphatic heterocycles. The first-order valence-corrected chi connectivity index (χ1v) is 5.30. The van der Waals surface area contributed by atoms with Gasteiger partial charge in [-0.3, -0.25) is 4.99 Å². The minimum absolute atomic E-state index is 0.685. The smallest absolute Gasteiger partial charge is 0.0997 e. The van der Waals surface area contributed by atoms with E-state index in [0.717, 1.165) is 23.7 Å². The third-order valence-corrected chi connectivity index (χ3v) is 2.39. The molecule has 0 aliphatic rings. The van der Waals surface area contributed by atoms with Crippen LogP contribution >= 0.6 is 11.3 Å². The molecule has 0 amide bonds. The van der Waals surface area contributed by atoms with E-state index < -0.39 is 0 Å². The Balaban J connectivity index is 2.49. The molecule has 0 radical (unpaired) electrons. The summed E-state index contributed by atoms with van der Waals surface area (Å²) in [5, 5.41) is 3.11. The fourth-order valence-corrected chi connectivity index (χ4v) is 1.60. The molecule has 0 spiro atoms. The van der Waals surface area contributed by atoms with Gasteiger partial charge in [-0.1, -0.05) is 6.92 Å². The Morgan fingerprint density at radius 2 is 2.46 bits per heavy atom. The van der Waals surface area contributed by atoms with Gasteiger partial charge in [0.05, 0.1) is 16.5 Å². The van der Waals surface area contributed by atoms with Crippen LogP contribution in [0.5, 0.6) is 0 Å². The monoisotopic (exact) mass is 197 g/mol. The van der Waals surface area contributed by atoms with Crippen LogP contribution in [0, 0.1) is 6.92 Å². The fraction of sp³-hybridized carbons (Fsp3) is 0.556. The standard InChI is InChI=1S/C9H15N3S/c1-3-4-11-9(10)5-8-6-13-7(2)12-8/h6H,3-5H2,1-2H3,(H2,10,11). The Labute approximate surface area is 82.7 Å². The Hall–Kier alpha value is -0.900. The average molecular weight is 197 g/mol. The first-order valence-electron chi connectivity index (χ1n) is 4.42. The minimum Gasteiger partial charge on any atom is -0.387 e. The lowest BCUT2D eigenvalue weighted by Crippen LogP contribution is -2.15. The van der Waals surface area contributed by atoms with Gasteiger partial charge in [-0.05, 0) is 13.3 Å². The van der Waals surface area contributed by atoms with E-state index in [1.165, 1.54) is 0 Å². The van der Waals surface area contributed by atoms with Gasteiger partial charge in [0.25, 0.3) is 0 Å². The molecule has 1 aromatic rings. The summed E-state index contributed by atoms with van der Waals surface area (Å²) in [5.74, 6) is 0.687. The van der Waals surface area contributed by atoms with Crippen molar-refractivity contribution in [3.05, 3.63) is 16.1 Å². The lowest BCUT2D eigenvalue weighted by atomic mass is 10.3. The van der Waals surface area contributed by atoms with Crippen LogP contribution in [0.3, 0.4) is 0 Å². The highest BCUT2D eigenvalue weighted by atomic mass is 32.1. The number of amidine groups is 1. The van der Waals surface area contributed by atoms with Crippen LogP contribution in [0.1, 0.15) is 24.0 Å². The van der Waals surface area contributed by atoms with Gasteiger partial charge in [0.15, 0.2) is 0 Å². The Kier molecular flexibility index (Phi) is 3.89. The highest BCUT2D eigenvalue weighted by Gasteiger charge is 2.00. The topological polar surface area (TPSA) is 51.3 Å². The van der Waals surface area contributed by atoms with E-state index in [4.69, 9.17) is 5.73 Å². The first kappa shape index (κ1) is 10.2. The maximum atomic E-state index is 5.72. The average Bonchev–Trinajstić information content (AvgIpc) is 2.48. The van der Waals surface area contributed by atoms with Gasteiger partial charge in [0, 0.05) is 18.3 Å². The van der Waals surface area contributed by atoms with E-state index in [1.807, 2.05) is 12.3 Å². The van der Waals surface area contributed by atoms with Crippen molar-refractivity contribution in [3.63, 3.8) is 0 Å². The number of aryl methyl sites for hydroxylation is 1. The highest BCUT2D eigenvalue weighted by molar-refractivity contribution is 7.09. The molecule has 0 unspecified atom stereocenters. The van der Waals surface area contributed by atoms with Crippen LogP contribution in [0.15, 0.2) is 10.4 Å². The summed E-state index contributed by atoms with van der Waals surface area (Å²) in [7, 11) is 0. The van der Waals surface area contributed by atoms with Crippen molar-refractivity contribution in [2.75, 3.05) is 6.54 Å². The van der Waals surface area contributed by atoms with Crippen LogP contribution in [0.25, 0.3) is 0 Å². The molecule has 0 aliphatic carbocycles. The molecule has 0 saturated carbocycles. The second-order valence-corrected chi connectivity index (χ2v) is 3.97. The van der Waals surface area contributed by atoms with Crippen LogP contribution in [-0.4, -0.2) is 17.4 Å². The summed E-state index contributed by atoms with van der Waals surface area (Å²) in [6, 6.07) is 0. The molecule has 72 valence electrons. The van der Waals surface area contributed by atoms with Crippen molar-refractivity contribution < 1.29 is 0 Å². The molecule has 0 aromatic carbocycles. The van der Waals surface area contributed by atoms with Gasteiger partial charge in [-0.15, -0.1) is 11.3 Å². The van der Waals surface area contributed by atoms with Gasteiger partial charge >= 0.3 is 0 Å². The Morgan fingerprint density at radius 1 is 1.69 bits per heavy atom. The summed E-state index contributed by atoms with van der Waals surface area (Å²) in [5.41, 5.74) is 6.74. The molecule has 0 atom stereocenters. The van der Waals surface area contributed by atoms with E-state index in [1.54, 1.807) is 11.3 Å². The number of hydrogen-bond donors (Lipinski definition) is 1. The summed E-state index contributed by atoms with van der Waals surface area (Å²) in [6.07, 6.45) is 1.72. The molecule has 0 saturated heterocycles. The van der Waals surface area contributed by atoms with Crippen molar-refractivity contribution in [1.82, 2.24) is 4.98 Å². The Bertz CT molecular complexity index is 291. The zero-order chi connectivity index (χ0) is 9.68. The summed E-state index contributed by atoms with van der Waals surface area (Å²) >= 11 is 1.65. The molecule has 1 aromatic heterocycles. The summed E-state index contributed by atoms with van der Waals surface area (Å²) in [4.78, 5) is 8.52. The van der Waals surface area contributed by atoms with Crippen LogP contribution in [0.2, 0.25) is 0 Å². The molecule has 0 bridgehead atoms. The van der Waals surface area contributed by atoms with Gasteiger partial charge in [-0.25, -0.2) is 4.98 Å². The maximum absolute atomic E-state index is 5.72. The lowest BCUT2D eigenvalue weighted by Gasteiger charge is -1.96. The zero-order valence-corrected chi connectivity index (χ0v) is 8.90. The van der Waals surface area contributed by atoms with Crippen molar-refractivity contribution >= 4 is 17.2 Å². The summed E-state index contributed by atoms with van der Waals surface area (Å²) in [6.45, 7) is 4.90. The highest BCUT2D eigenvalue weighted by Crippen LogP contribution is 2.08. The van der Waals surface area contributed by atoms with Crippen LogP contribution in [-0.2, 0) is 6.42 Å². The minimum atomic E-state index is 0.685. The van der Waals surface area contributed by atoms with Crippen LogP contribution in [0.4, 0.5) is 0 Å². The van der Waals surface area contributed by atoms with E-state index in [9.17, 15) is 0 Å². The third-order valence-electron chi connectivity index (χ3n) is 1.57. The molecule has 1 heterocycles. The second-order valence-electron chi connectivity index (χ2n) is 2.91. The molecule has 4 heteroatoms.